The molecule has 18 heavy (non-hydrogen) atoms. The van der Waals surface area contributed by atoms with Crippen LogP contribution in [-0.4, -0.2) is 25.7 Å². The van der Waals surface area contributed by atoms with Gasteiger partial charge in [0.2, 0.25) is 5.91 Å². The second kappa shape index (κ2) is 7.08. The molecule has 3 N–H and O–H groups in total. The molecular formula is C13H19FN2O2. The van der Waals surface area contributed by atoms with E-state index in [1.807, 2.05) is 0 Å². The van der Waals surface area contributed by atoms with Crippen molar-refractivity contribution in [1.82, 2.24) is 5.32 Å². The molecule has 0 aromatic heterocycles. The first kappa shape index (κ1) is 14.6. The Kier molecular flexibility index (Phi) is 5.74. The van der Waals surface area contributed by atoms with Gasteiger partial charge in [-0.3, -0.25) is 4.79 Å². The van der Waals surface area contributed by atoms with E-state index in [0.29, 0.717) is 18.6 Å². The number of benzene rings is 1. The number of halogens is 1. The van der Waals surface area contributed by atoms with Crippen LogP contribution in [0.5, 0.6) is 0 Å². The SMILES string of the molecule is COCCC(N)C(=O)NC(C)c1ccccc1F. The van der Waals surface area contributed by atoms with Crippen molar-refractivity contribution in [2.45, 2.75) is 25.4 Å². The fourth-order valence-electron chi connectivity index (χ4n) is 1.60. The van der Waals surface area contributed by atoms with Gasteiger partial charge < -0.3 is 15.8 Å². The monoisotopic (exact) mass is 254 g/mol. The van der Waals surface area contributed by atoms with E-state index in [-0.39, 0.29) is 11.7 Å². The third-order valence-corrected chi connectivity index (χ3v) is 2.70. The van der Waals surface area contributed by atoms with Gasteiger partial charge in [-0.15, -0.1) is 0 Å². The summed E-state index contributed by atoms with van der Waals surface area (Å²) in [6.45, 7) is 2.14. The molecule has 0 radical (unpaired) electrons. The highest BCUT2D eigenvalue weighted by Crippen LogP contribution is 2.15. The summed E-state index contributed by atoms with van der Waals surface area (Å²) in [6.07, 6.45) is 0.437. The molecule has 2 atom stereocenters. The van der Waals surface area contributed by atoms with E-state index in [1.165, 1.54) is 6.07 Å². The molecule has 2 unspecified atom stereocenters. The van der Waals surface area contributed by atoms with E-state index in [0.717, 1.165) is 0 Å². The number of carbonyl (C=O) groups excluding carboxylic acids is 1. The van der Waals surface area contributed by atoms with Crippen LogP contribution in [0.2, 0.25) is 0 Å². The first-order valence-electron chi connectivity index (χ1n) is 5.85. The zero-order valence-electron chi connectivity index (χ0n) is 10.7. The number of ether oxygens (including phenoxy) is 1. The van der Waals surface area contributed by atoms with Gasteiger partial charge in [0.15, 0.2) is 0 Å². The van der Waals surface area contributed by atoms with E-state index in [4.69, 9.17) is 10.5 Å². The minimum atomic E-state index is -0.640. The van der Waals surface area contributed by atoms with Gasteiger partial charge in [0.05, 0.1) is 12.1 Å². The zero-order chi connectivity index (χ0) is 13.5. The second-order valence-electron chi connectivity index (χ2n) is 4.14. The van der Waals surface area contributed by atoms with Gasteiger partial charge in [0, 0.05) is 19.3 Å². The summed E-state index contributed by atoms with van der Waals surface area (Å²) in [7, 11) is 1.55. The molecule has 5 heteroatoms. The lowest BCUT2D eigenvalue weighted by molar-refractivity contribution is -0.123. The van der Waals surface area contributed by atoms with E-state index >= 15 is 0 Å². The molecule has 0 saturated heterocycles. The first-order valence-corrected chi connectivity index (χ1v) is 5.85. The van der Waals surface area contributed by atoms with Crippen molar-refractivity contribution < 1.29 is 13.9 Å². The molecular weight excluding hydrogens is 235 g/mol. The Hall–Kier alpha value is -1.46. The normalized spacial score (nSPS) is 14.0. The van der Waals surface area contributed by atoms with Gasteiger partial charge in [-0.05, 0) is 19.4 Å². The maximum Gasteiger partial charge on any atom is 0.237 e. The van der Waals surface area contributed by atoms with Crippen molar-refractivity contribution in [3.63, 3.8) is 0 Å². The van der Waals surface area contributed by atoms with Crippen LogP contribution in [0, 0.1) is 5.82 Å². The molecule has 1 aromatic carbocycles. The van der Waals surface area contributed by atoms with Crippen LogP contribution in [0.15, 0.2) is 24.3 Å². The van der Waals surface area contributed by atoms with Gasteiger partial charge in [-0.1, -0.05) is 18.2 Å². The molecule has 4 nitrogen and oxygen atoms in total. The molecule has 0 bridgehead atoms. The molecule has 0 aliphatic rings. The van der Waals surface area contributed by atoms with E-state index in [1.54, 1.807) is 32.2 Å². The number of carbonyl (C=O) groups is 1. The third kappa shape index (κ3) is 4.09. The number of hydrogen-bond donors (Lipinski definition) is 2. The van der Waals surface area contributed by atoms with Crippen LogP contribution in [-0.2, 0) is 9.53 Å². The maximum absolute atomic E-state index is 13.5. The number of hydrogen-bond acceptors (Lipinski definition) is 3. The lowest BCUT2D eigenvalue weighted by Gasteiger charge is -2.18. The number of nitrogens with two attached hydrogens (primary N) is 1. The van der Waals surface area contributed by atoms with Gasteiger partial charge >= 0.3 is 0 Å². The summed E-state index contributed by atoms with van der Waals surface area (Å²) in [5.41, 5.74) is 6.13. The highest BCUT2D eigenvalue weighted by Gasteiger charge is 2.17. The quantitative estimate of drug-likeness (QED) is 0.805. The molecule has 0 saturated carbocycles. The molecule has 1 rings (SSSR count). The molecule has 0 aliphatic carbocycles. The predicted octanol–water partition coefficient (Wildman–Crippen LogP) is 1.37. The van der Waals surface area contributed by atoms with Crippen molar-refractivity contribution in [3.8, 4) is 0 Å². The molecule has 0 aliphatic heterocycles. The van der Waals surface area contributed by atoms with Crippen LogP contribution in [0.3, 0.4) is 0 Å². The Morgan fingerprint density at radius 3 is 2.78 bits per heavy atom. The van der Waals surface area contributed by atoms with Gasteiger partial charge in [0.1, 0.15) is 5.82 Å². The molecule has 1 aromatic rings. The minimum Gasteiger partial charge on any atom is -0.385 e. The highest BCUT2D eigenvalue weighted by molar-refractivity contribution is 5.81. The zero-order valence-corrected chi connectivity index (χ0v) is 10.7. The average Bonchev–Trinajstić information content (AvgIpc) is 2.36. The van der Waals surface area contributed by atoms with Crippen LogP contribution < -0.4 is 11.1 Å². The van der Waals surface area contributed by atoms with Crippen LogP contribution in [0.4, 0.5) is 4.39 Å². The maximum atomic E-state index is 13.5. The van der Waals surface area contributed by atoms with Crippen LogP contribution in [0.25, 0.3) is 0 Å². The van der Waals surface area contributed by atoms with Crippen molar-refractivity contribution >= 4 is 5.91 Å². The van der Waals surface area contributed by atoms with E-state index in [2.05, 4.69) is 5.32 Å². The van der Waals surface area contributed by atoms with E-state index < -0.39 is 12.1 Å². The lowest BCUT2D eigenvalue weighted by Crippen LogP contribution is -2.42. The predicted molar refractivity (Wildman–Crippen MR) is 67.4 cm³/mol. The Bertz CT molecular complexity index is 398. The Balaban J connectivity index is 2.57. The average molecular weight is 254 g/mol. The van der Waals surface area contributed by atoms with Crippen molar-refractivity contribution in [3.05, 3.63) is 35.6 Å². The topological polar surface area (TPSA) is 64.3 Å². The number of nitrogens with one attached hydrogen (secondary N) is 1. The summed E-state index contributed by atoms with van der Waals surface area (Å²) in [5, 5.41) is 2.69. The fourth-order valence-corrected chi connectivity index (χ4v) is 1.60. The summed E-state index contributed by atoms with van der Waals surface area (Å²) < 4.78 is 18.3. The fraction of sp³-hybridized carbons (Fsp3) is 0.462. The number of rotatable bonds is 6. The largest absolute Gasteiger partial charge is 0.385 e. The Labute approximate surface area is 106 Å². The lowest BCUT2D eigenvalue weighted by atomic mass is 10.1. The standard InChI is InChI=1S/C13H19FN2O2/c1-9(10-5-3-4-6-11(10)14)16-13(17)12(15)7-8-18-2/h3-6,9,12H,7-8,15H2,1-2H3,(H,16,17). The van der Waals surface area contributed by atoms with Crippen molar-refractivity contribution in [2.75, 3.05) is 13.7 Å². The molecule has 0 heterocycles. The summed E-state index contributed by atoms with van der Waals surface area (Å²) >= 11 is 0. The first-order chi connectivity index (χ1) is 8.56. The number of methoxy groups -OCH3 is 1. The summed E-state index contributed by atoms with van der Waals surface area (Å²) in [5.74, 6) is -0.640. The van der Waals surface area contributed by atoms with Crippen molar-refractivity contribution in [2.24, 2.45) is 5.73 Å². The molecule has 100 valence electrons. The minimum absolute atomic E-state index is 0.303. The van der Waals surface area contributed by atoms with Crippen LogP contribution in [0.1, 0.15) is 24.9 Å². The van der Waals surface area contributed by atoms with Gasteiger partial charge in [-0.2, -0.15) is 0 Å². The summed E-state index contributed by atoms with van der Waals surface area (Å²) in [6, 6.07) is 5.29. The molecule has 0 fully saturated rings. The Morgan fingerprint density at radius 2 is 2.17 bits per heavy atom. The summed E-state index contributed by atoms with van der Waals surface area (Å²) in [4.78, 5) is 11.7. The van der Waals surface area contributed by atoms with Gasteiger partial charge in [0.25, 0.3) is 0 Å². The van der Waals surface area contributed by atoms with Crippen LogP contribution >= 0.6 is 0 Å². The van der Waals surface area contributed by atoms with Crippen molar-refractivity contribution in [1.29, 1.82) is 0 Å². The Morgan fingerprint density at radius 1 is 1.50 bits per heavy atom. The third-order valence-electron chi connectivity index (χ3n) is 2.70. The van der Waals surface area contributed by atoms with E-state index in [9.17, 15) is 9.18 Å². The second-order valence-corrected chi connectivity index (χ2v) is 4.14. The molecule has 1 amide bonds. The highest BCUT2D eigenvalue weighted by atomic mass is 19.1. The number of amides is 1. The molecule has 0 spiro atoms. The van der Waals surface area contributed by atoms with Gasteiger partial charge in [-0.25, -0.2) is 4.39 Å². The smallest absolute Gasteiger partial charge is 0.237 e.